The summed E-state index contributed by atoms with van der Waals surface area (Å²) in [5, 5.41) is 0. The SMILES string of the molecule is CC/C=C\C/C=C\C/C=C\C/C=C\C/C=C\C/C=C\C/C=C\CCCCCCCCCCCC(=O)OCC(COC(=O)CCCCCCC/C=C\C/C=C\CCC)OC(=O)CC/C=C\C/C=C\C/C=C\C/C=C\C/C=C\C/C=C\CC. The first-order valence-corrected chi connectivity index (χ1v) is 32.3. The summed E-state index contributed by atoms with van der Waals surface area (Å²) in [4.78, 5) is 38.3. The third-order valence-corrected chi connectivity index (χ3v) is 12.9. The van der Waals surface area contributed by atoms with Crippen molar-refractivity contribution in [3.05, 3.63) is 182 Å². The maximum Gasteiger partial charge on any atom is 0.306 e. The number of hydrogen-bond acceptors (Lipinski definition) is 6. The van der Waals surface area contributed by atoms with E-state index in [2.05, 4.69) is 191 Å². The van der Waals surface area contributed by atoms with Crippen molar-refractivity contribution in [2.75, 3.05) is 13.2 Å². The fraction of sp³-hybridized carbons (Fsp3) is 0.560. The first kappa shape index (κ1) is 75.5. The van der Waals surface area contributed by atoms with Crippen molar-refractivity contribution in [2.45, 2.75) is 258 Å². The van der Waals surface area contributed by atoms with Crippen LogP contribution >= 0.6 is 0 Å². The highest BCUT2D eigenvalue weighted by Crippen LogP contribution is 2.14. The first-order valence-electron chi connectivity index (χ1n) is 32.3. The Bertz CT molecular complexity index is 1900. The van der Waals surface area contributed by atoms with E-state index in [9.17, 15) is 14.4 Å². The Kier molecular flexibility index (Phi) is 62.5. The second kappa shape index (κ2) is 67.0. The third-order valence-electron chi connectivity index (χ3n) is 12.9. The van der Waals surface area contributed by atoms with E-state index in [0.717, 1.165) is 161 Å². The number of carbonyl (C=O) groups excluding carboxylic acids is 3. The molecule has 0 bridgehead atoms. The van der Waals surface area contributed by atoms with Gasteiger partial charge in [-0.2, -0.15) is 0 Å². The molecule has 6 heteroatoms. The second-order valence-corrected chi connectivity index (χ2v) is 20.5. The molecule has 0 spiro atoms. The van der Waals surface area contributed by atoms with E-state index >= 15 is 0 Å². The van der Waals surface area contributed by atoms with Crippen molar-refractivity contribution in [2.24, 2.45) is 0 Å². The number of esters is 3. The molecule has 0 radical (unpaired) electrons. The third kappa shape index (κ3) is 65.2. The van der Waals surface area contributed by atoms with Gasteiger partial charge >= 0.3 is 17.9 Å². The van der Waals surface area contributed by atoms with Gasteiger partial charge in [0.15, 0.2) is 6.10 Å². The highest BCUT2D eigenvalue weighted by atomic mass is 16.6. The lowest BCUT2D eigenvalue weighted by Crippen LogP contribution is -2.30. The average Bonchev–Trinajstić information content (AvgIpc) is 3.46. The van der Waals surface area contributed by atoms with Crippen LogP contribution < -0.4 is 0 Å². The molecule has 0 saturated carbocycles. The molecule has 0 heterocycles. The van der Waals surface area contributed by atoms with Crippen LogP contribution in [0.5, 0.6) is 0 Å². The molecule has 0 aromatic carbocycles. The van der Waals surface area contributed by atoms with Crippen LogP contribution in [0.1, 0.15) is 252 Å². The molecule has 0 fully saturated rings. The van der Waals surface area contributed by atoms with Gasteiger partial charge in [0.05, 0.1) is 0 Å². The van der Waals surface area contributed by atoms with E-state index in [4.69, 9.17) is 14.2 Å². The largest absolute Gasteiger partial charge is 0.462 e. The Morgan fingerprint density at radius 1 is 0.259 bits per heavy atom. The van der Waals surface area contributed by atoms with E-state index in [0.29, 0.717) is 19.3 Å². The van der Waals surface area contributed by atoms with Gasteiger partial charge in [0.25, 0.3) is 0 Å². The van der Waals surface area contributed by atoms with Crippen molar-refractivity contribution in [3.63, 3.8) is 0 Å². The highest BCUT2D eigenvalue weighted by Gasteiger charge is 2.19. The molecule has 1 unspecified atom stereocenters. The molecule has 0 aromatic rings. The smallest absolute Gasteiger partial charge is 0.306 e. The Hall–Kier alpha value is -5.49. The van der Waals surface area contributed by atoms with Gasteiger partial charge in [-0.3, -0.25) is 14.4 Å². The standard InChI is InChI=1S/C75H116O6/c1-4-7-10-13-16-19-22-25-27-29-31-32-33-34-35-36-37-38-39-40-41-42-44-45-47-50-53-56-59-62-65-68-74(77)80-71-72(70-79-73(76)67-64-61-58-55-52-49-24-21-18-15-12-9-6-3)81-75(78)69-66-63-60-57-54-51-48-46-43-30-28-26-23-20-17-14-11-8-5-2/h7-8,10-12,15-17,19-21,24-28,31-32,34-35,37-38,40-41,43,46,51,54,60,63,72H,4-6,9,13-14,18,22-23,29-30,33,36,39,42,44-45,47-50,52-53,55-59,61-62,64-71H2,1-3H3/b10-7-,11-8-,15-12-,19-16-,20-17-,24-21-,27-25-,28-26-,32-31-,35-34-,38-37-,41-40-,46-43-,54-51-,63-60-. The molecule has 452 valence electrons. The van der Waals surface area contributed by atoms with Crippen molar-refractivity contribution >= 4 is 17.9 Å². The predicted molar refractivity (Wildman–Crippen MR) is 352 cm³/mol. The zero-order chi connectivity index (χ0) is 58.5. The number of rotatable bonds is 56. The van der Waals surface area contributed by atoms with Crippen LogP contribution in [0, 0.1) is 0 Å². The molecule has 81 heavy (non-hydrogen) atoms. The van der Waals surface area contributed by atoms with Gasteiger partial charge in [-0.15, -0.1) is 0 Å². The van der Waals surface area contributed by atoms with Crippen LogP contribution in [0.2, 0.25) is 0 Å². The average molecular weight is 1110 g/mol. The van der Waals surface area contributed by atoms with Crippen molar-refractivity contribution in [1.82, 2.24) is 0 Å². The zero-order valence-electron chi connectivity index (χ0n) is 51.7. The normalized spacial score (nSPS) is 13.4. The number of hydrogen-bond donors (Lipinski definition) is 0. The summed E-state index contributed by atoms with van der Waals surface area (Å²) < 4.78 is 16.8. The summed E-state index contributed by atoms with van der Waals surface area (Å²) in [6, 6.07) is 0. The van der Waals surface area contributed by atoms with Gasteiger partial charge < -0.3 is 14.2 Å². The van der Waals surface area contributed by atoms with Gasteiger partial charge in [-0.25, -0.2) is 0 Å². The van der Waals surface area contributed by atoms with Gasteiger partial charge in [-0.05, 0) is 141 Å². The van der Waals surface area contributed by atoms with Gasteiger partial charge in [-0.1, -0.05) is 274 Å². The number of allylic oxidation sites excluding steroid dienone is 30. The first-order chi connectivity index (χ1) is 40.0. The summed E-state index contributed by atoms with van der Waals surface area (Å²) in [7, 11) is 0. The molecule has 0 rings (SSSR count). The molecule has 0 aliphatic carbocycles. The van der Waals surface area contributed by atoms with Crippen molar-refractivity contribution < 1.29 is 28.6 Å². The zero-order valence-corrected chi connectivity index (χ0v) is 51.7. The Balaban J connectivity index is 4.42. The molecule has 6 nitrogen and oxygen atoms in total. The molecule has 0 aliphatic heterocycles. The maximum absolute atomic E-state index is 12.9. The molecule has 0 N–H and O–H groups in total. The van der Waals surface area contributed by atoms with E-state index in [1.807, 2.05) is 12.2 Å². The van der Waals surface area contributed by atoms with Crippen molar-refractivity contribution in [3.8, 4) is 0 Å². The molecular weight excluding hydrogens is 997 g/mol. The van der Waals surface area contributed by atoms with Crippen LogP contribution in [0.3, 0.4) is 0 Å². The second-order valence-electron chi connectivity index (χ2n) is 20.5. The number of unbranched alkanes of at least 4 members (excludes halogenated alkanes) is 15. The van der Waals surface area contributed by atoms with Crippen LogP contribution in [0.15, 0.2) is 182 Å². The molecule has 1 atom stereocenters. The van der Waals surface area contributed by atoms with Gasteiger partial charge in [0.2, 0.25) is 0 Å². The maximum atomic E-state index is 12.9. The molecular formula is C75H116O6. The minimum Gasteiger partial charge on any atom is -0.462 e. The minimum atomic E-state index is -0.838. The summed E-state index contributed by atoms with van der Waals surface area (Å²) in [5.41, 5.74) is 0. The summed E-state index contributed by atoms with van der Waals surface area (Å²) in [5.74, 6) is -1.04. The Labute approximate surface area is 497 Å². The molecule has 0 amide bonds. The van der Waals surface area contributed by atoms with E-state index in [1.54, 1.807) is 0 Å². The fourth-order valence-corrected chi connectivity index (χ4v) is 8.13. The fourth-order valence-electron chi connectivity index (χ4n) is 8.13. The molecule has 0 aromatic heterocycles. The van der Waals surface area contributed by atoms with Crippen LogP contribution in [-0.4, -0.2) is 37.2 Å². The van der Waals surface area contributed by atoms with Gasteiger partial charge in [0.1, 0.15) is 13.2 Å². The van der Waals surface area contributed by atoms with Crippen LogP contribution in [0.25, 0.3) is 0 Å². The predicted octanol–water partition coefficient (Wildman–Crippen LogP) is 22.4. The Morgan fingerprint density at radius 3 is 0.802 bits per heavy atom. The van der Waals surface area contributed by atoms with E-state index in [1.165, 1.54) is 44.9 Å². The summed E-state index contributed by atoms with van der Waals surface area (Å²) in [6.45, 7) is 6.26. The summed E-state index contributed by atoms with van der Waals surface area (Å²) >= 11 is 0. The molecule has 0 saturated heterocycles. The van der Waals surface area contributed by atoms with Crippen LogP contribution in [0.4, 0.5) is 0 Å². The number of carbonyl (C=O) groups is 3. The monoisotopic (exact) mass is 1110 g/mol. The van der Waals surface area contributed by atoms with Gasteiger partial charge in [0, 0.05) is 19.3 Å². The highest BCUT2D eigenvalue weighted by molar-refractivity contribution is 5.71. The van der Waals surface area contributed by atoms with E-state index in [-0.39, 0.29) is 31.6 Å². The van der Waals surface area contributed by atoms with Crippen molar-refractivity contribution in [1.29, 1.82) is 0 Å². The summed E-state index contributed by atoms with van der Waals surface area (Å²) in [6.07, 6.45) is 101. The lowest BCUT2D eigenvalue weighted by molar-refractivity contribution is -0.166. The topological polar surface area (TPSA) is 78.9 Å². The minimum absolute atomic E-state index is 0.124. The lowest BCUT2D eigenvalue weighted by Gasteiger charge is -2.18. The van der Waals surface area contributed by atoms with E-state index < -0.39 is 12.1 Å². The number of ether oxygens (including phenoxy) is 3. The lowest BCUT2D eigenvalue weighted by atomic mass is 10.1. The quantitative estimate of drug-likeness (QED) is 0.0261. The van der Waals surface area contributed by atoms with Crippen LogP contribution in [-0.2, 0) is 28.6 Å². The Morgan fingerprint density at radius 2 is 0.506 bits per heavy atom. The molecule has 0 aliphatic rings.